The van der Waals surface area contributed by atoms with Gasteiger partial charge < -0.3 is 0 Å². The fourth-order valence-electron chi connectivity index (χ4n) is 2.26. The Morgan fingerprint density at radius 2 is 2.33 bits per heavy atom. The van der Waals surface area contributed by atoms with Gasteiger partial charge in [-0.2, -0.15) is 0 Å². The summed E-state index contributed by atoms with van der Waals surface area (Å²) in [6.45, 7) is 0. The largest absolute Gasteiger partial charge is 0.300 e. The minimum atomic E-state index is 0.122. The van der Waals surface area contributed by atoms with Crippen LogP contribution in [0.5, 0.6) is 0 Å². The summed E-state index contributed by atoms with van der Waals surface area (Å²) in [4.78, 5) is 11.3. The van der Waals surface area contributed by atoms with Crippen LogP contribution < -0.4 is 0 Å². The number of Topliss-reactive ketones (excluding diaryl/α,β-unsaturated/α-hetero) is 1. The van der Waals surface area contributed by atoms with Crippen molar-refractivity contribution in [2.75, 3.05) is 0 Å². The Morgan fingerprint density at radius 1 is 1.50 bits per heavy atom. The maximum Gasteiger partial charge on any atom is 0.134 e. The van der Waals surface area contributed by atoms with Crippen molar-refractivity contribution in [3.05, 3.63) is 12.2 Å². The third kappa shape index (κ3) is 1.37. The van der Waals surface area contributed by atoms with Crippen LogP contribution in [-0.2, 0) is 4.79 Å². The Morgan fingerprint density at radius 3 is 3.17 bits per heavy atom. The zero-order valence-corrected chi connectivity index (χ0v) is 8.64. The van der Waals surface area contributed by atoms with Crippen LogP contribution in [0, 0.1) is 5.92 Å². The van der Waals surface area contributed by atoms with Gasteiger partial charge in [0.05, 0.1) is 0 Å². The summed E-state index contributed by atoms with van der Waals surface area (Å²) >= 11 is 3.74. The number of ketones is 1. The molecule has 0 aromatic heterocycles. The Labute approximate surface area is 81.4 Å². The Kier molecular flexibility index (Phi) is 2.11. The lowest BCUT2D eigenvalue weighted by atomic mass is 9.73. The maximum atomic E-state index is 11.3. The zero-order chi connectivity index (χ0) is 8.60. The highest BCUT2D eigenvalue weighted by atomic mass is 79.9. The van der Waals surface area contributed by atoms with Crippen LogP contribution in [0.4, 0.5) is 0 Å². The van der Waals surface area contributed by atoms with E-state index in [-0.39, 0.29) is 4.32 Å². The van der Waals surface area contributed by atoms with Crippen LogP contribution in [0.1, 0.15) is 32.1 Å². The molecule has 1 nitrogen and oxygen atoms in total. The van der Waals surface area contributed by atoms with E-state index >= 15 is 0 Å². The minimum absolute atomic E-state index is 0.122. The van der Waals surface area contributed by atoms with Crippen molar-refractivity contribution in [3.63, 3.8) is 0 Å². The van der Waals surface area contributed by atoms with E-state index in [1.807, 2.05) is 0 Å². The van der Waals surface area contributed by atoms with Gasteiger partial charge in [-0.1, -0.05) is 28.1 Å². The van der Waals surface area contributed by atoms with Gasteiger partial charge in [-0.3, -0.25) is 4.79 Å². The van der Waals surface area contributed by atoms with E-state index in [9.17, 15) is 4.79 Å². The van der Waals surface area contributed by atoms with Gasteiger partial charge in [-0.15, -0.1) is 0 Å². The second-order valence-electron chi connectivity index (χ2n) is 3.90. The summed E-state index contributed by atoms with van der Waals surface area (Å²) in [6.07, 6.45) is 9.24. The van der Waals surface area contributed by atoms with Crippen LogP contribution in [0.25, 0.3) is 0 Å². The van der Waals surface area contributed by atoms with Crippen molar-refractivity contribution >= 4 is 21.7 Å². The average Bonchev–Trinajstić information content (AvgIpc) is 2.02. The van der Waals surface area contributed by atoms with E-state index in [0.717, 1.165) is 32.1 Å². The molecule has 0 aromatic carbocycles. The highest BCUT2D eigenvalue weighted by molar-refractivity contribution is 9.10. The number of hydrogen-bond acceptors (Lipinski definition) is 1. The predicted molar refractivity (Wildman–Crippen MR) is 52.4 cm³/mol. The van der Waals surface area contributed by atoms with Gasteiger partial charge in [0, 0.05) is 17.2 Å². The molecule has 1 saturated carbocycles. The molecule has 0 N–H and O–H groups in total. The SMILES string of the molecule is O=C1CC[C@@H]2CC=CC[C@]2(Br)C1. The van der Waals surface area contributed by atoms with Crippen molar-refractivity contribution in [1.29, 1.82) is 0 Å². The molecule has 0 radical (unpaired) electrons. The zero-order valence-electron chi connectivity index (χ0n) is 7.05. The molecule has 0 spiro atoms. The molecule has 0 aliphatic heterocycles. The number of carbonyl (C=O) groups excluding carboxylic acids is 1. The second-order valence-corrected chi connectivity index (χ2v) is 5.48. The number of halogens is 1. The highest BCUT2D eigenvalue weighted by Crippen LogP contribution is 2.46. The van der Waals surface area contributed by atoms with Gasteiger partial charge in [0.1, 0.15) is 5.78 Å². The first kappa shape index (κ1) is 8.49. The van der Waals surface area contributed by atoms with Gasteiger partial charge in [0.15, 0.2) is 0 Å². The van der Waals surface area contributed by atoms with Crippen LogP contribution in [-0.4, -0.2) is 10.1 Å². The molecule has 12 heavy (non-hydrogen) atoms. The summed E-state index contributed by atoms with van der Waals surface area (Å²) in [5.41, 5.74) is 0. The Hall–Kier alpha value is -0.110. The van der Waals surface area contributed by atoms with E-state index in [0.29, 0.717) is 11.7 Å². The summed E-state index contributed by atoms with van der Waals surface area (Å²) in [7, 11) is 0. The highest BCUT2D eigenvalue weighted by Gasteiger charge is 2.41. The predicted octanol–water partition coefficient (Wildman–Crippen LogP) is 2.84. The first-order valence-electron chi connectivity index (χ1n) is 4.56. The number of allylic oxidation sites excluding steroid dienone is 2. The van der Waals surface area contributed by atoms with Crippen LogP contribution in [0.2, 0.25) is 0 Å². The molecular formula is C10H13BrO. The lowest BCUT2D eigenvalue weighted by Crippen LogP contribution is -2.39. The number of hydrogen-bond donors (Lipinski definition) is 0. The van der Waals surface area contributed by atoms with Crippen molar-refractivity contribution in [3.8, 4) is 0 Å². The van der Waals surface area contributed by atoms with Gasteiger partial charge in [-0.25, -0.2) is 0 Å². The molecule has 2 heteroatoms. The standard InChI is InChI=1S/C10H13BrO/c11-10-6-2-1-3-8(10)4-5-9(12)7-10/h1-2,8H,3-7H2/t8-,10-/m0/s1. The molecule has 66 valence electrons. The Balaban J connectivity index is 2.19. The molecule has 2 atom stereocenters. The smallest absolute Gasteiger partial charge is 0.134 e. The molecule has 2 rings (SSSR count). The van der Waals surface area contributed by atoms with E-state index in [2.05, 4.69) is 28.1 Å². The van der Waals surface area contributed by atoms with Gasteiger partial charge >= 0.3 is 0 Å². The molecule has 1 fully saturated rings. The summed E-state index contributed by atoms with van der Waals surface area (Å²) in [6, 6.07) is 0. The van der Waals surface area contributed by atoms with E-state index in [4.69, 9.17) is 0 Å². The molecule has 2 aliphatic rings. The molecule has 0 heterocycles. The summed E-state index contributed by atoms with van der Waals surface area (Å²) < 4.78 is 0.122. The number of carbonyl (C=O) groups is 1. The van der Waals surface area contributed by atoms with Gasteiger partial charge in [-0.05, 0) is 25.2 Å². The van der Waals surface area contributed by atoms with E-state index in [1.54, 1.807) is 0 Å². The maximum absolute atomic E-state index is 11.3. The first-order valence-corrected chi connectivity index (χ1v) is 5.36. The van der Waals surface area contributed by atoms with Gasteiger partial charge in [0.25, 0.3) is 0 Å². The molecule has 0 unspecified atom stereocenters. The lowest BCUT2D eigenvalue weighted by molar-refractivity contribution is -0.121. The molecule has 2 aliphatic carbocycles. The van der Waals surface area contributed by atoms with Crippen LogP contribution >= 0.6 is 15.9 Å². The van der Waals surface area contributed by atoms with E-state index < -0.39 is 0 Å². The minimum Gasteiger partial charge on any atom is -0.300 e. The van der Waals surface area contributed by atoms with Crippen molar-refractivity contribution in [1.82, 2.24) is 0 Å². The number of fused-ring (bicyclic) bond motifs is 1. The first-order chi connectivity index (χ1) is 5.71. The Bertz CT molecular complexity index is 234. The topological polar surface area (TPSA) is 17.1 Å². The van der Waals surface area contributed by atoms with E-state index in [1.165, 1.54) is 0 Å². The number of alkyl halides is 1. The second kappa shape index (κ2) is 2.99. The van der Waals surface area contributed by atoms with Crippen LogP contribution in [0.3, 0.4) is 0 Å². The normalized spacial score (nSPS) is 41.1. The van der Waals surface area contributed by atoms with Crippen molar-refractivity contribution in [2.45, 2.75) is 36.4 Å². The summed E-state index contributed by atoms with van der Waals surface area (Å²) in [5.74, 6) is 1.12. The van der Waals surface area contributed by atoms with Gasteiger partial charge in [0.2, 0.25) is 0 Å². The van der Waals surface area contributed by atoms with Crippen molar-refractivity contribution < 1.29 is 4.79 Å². The monoisotopic (exact) mass is 228 g/mol. The lowest BCUT2D eigenvalue weighted by Gasteiger charge is -2.40. The third-order valence-corrected chi connectivity index (χ3v) is 4.29. The fourth-order valence-corrected chi connectivity index (χ4v) is 3.18. The number of rotatable bonds is 0. The molecule has 0 aromatic rings. The summed E-state index contributed by atoms with van der Waals surface area (Å²) in [5, 5.41) is 0. The quantitative estimate of drug-likeness (QED) is 0.461. The van der Waals surface area contributed by atoms with Crippen molar-refractivity contribution in [2.24, 2.45) is 5.92 Å². The third-order valence-electron chi connectivity index (χ3n) is 3.04. The average molecular weight is 229 g/mol. The molecule has 0 saturated heterocycles. The van der Waals surface area contributed by atoms with Crippen LogP contribution in [0.15, 0.2) is 12.2 Å². The fraction of sp³-hybridized carbons (Fsp3) is 0.700. The molecule has 0 amide bonds. The molecule has 0 bridgehead atoms. The molecular weight excluding hydrogens is 216 g/mol.